The molecule has 0 radical (unpaired) electrons. The van der Waals surface area contributed by atoms with E-state index in [2.05, 4.69) is 10.3 Å². The molecule has 0 bridgehead atoms. The van der Waals surface area contributed by atoms with Gasteiger partial charge in [0.25, 0.3) is 0 Å². The number of aromatic nitrogens is 1. The summed E-state index contributed by atoms with van der Waals surface area (Å²) in [4.78, 5) is 3.96. The standard InChI is InChI=1S/C13H13ClN2O/c1-15-7-10-2-4-12(5-3-10)17-13-6-11(14)8-16-9-13/h2-6,8-9,15H,7H2,1H3. The van der Waals surface area contributed by atoms with E-state index in [1.165, 1.54) is 5.56 Å². The summed E-state index contributed by atoms with van der Waals surface area (Å²) in [6.45, 7) is 0.846. The lowest BCUT2D eigenvalue weighted by Gasteiger charge is -2.06. The van der Waals surface area contributed by atoms with Crippen molar-refractivity contribution >= 4 is 11.6 Å². The highest BCUT2D eigenvalue weighted by Gasteiger charge is 1.99. The normalized spacial score (nSPS) is 10.2. The van der Waals surface area contributed by atoms with Gasteiger partial charge in [0.15, 0.2) is 0 Å². The molecular weight excluding hydrogens is 236 g/mol. The zero-order valence-corrected chi connectivity index (χ0v) is 10.2. The van der Waals surface area contributed by atoms with E-state index in [0.717, 1.165) is 12.3 Å². The molecule has 0 saturated carbocycles. The van der Waals surface area contributed by atoms with E-state index in [0.29, 0.717) is 10.8 Å². The number of benzene rings is 1. The van der Waals surface area contributed by atoms with Gasteiger partial charge in [-0.2, -0.15) is 0 Å². The molecule has 0 spiro atoms. The first-order valence-electron chi connectivity index (χ1n) is 5.30. The summed E-state index contributed by atoms with van der Waals surface area (Å²) in [6.07, 6.45) is 3.21. The van der Waals surface area contributed by atoms with E-state index in [-0.39, 0.29) is 0 Å². The molecule has 1 aromatic carbocycles. The van der Waals surface area contributed by atoms with Crippen molar-refractivity contribution in [2.75, 3.05) is 7.05 Å². The van der Waals surface area contributed by atoms with Crippen molar-refractivity contribution in [2.24, 2.45) is 0 Å². The Labute approximate surface area is 105 Å². The largest absolute Gasteiger partial charge is 0.456 e. The van der Waals surface area contributed by atoms with Crippen molar-refractivity contribution in [3.05, 3.63) is 53.3 Å². The van der Waals surface area contributed by atoms with Crippen molar-refractivity contribution in [1.29, 1.82) is 0 Å². The Hall–Kier alpha value is -1.58. The van der Waals surface area contributed by atoms with E-state index in [1.54, 1.807) is 18.5 Å². The van der Waals surface area contributed by atoms with Crippen molar-refractivity contribution in [2.45, 2.75) is 6.54 Å². The second-order valence-corrected chi connectivity index (χ2v) is 4.05. The molecular formula is C13H13ClN2O. The molecule has 4 heteroatoms. The molecule has 0 atom stereocenters. The van der Waals surface area contributed by atoms with Gasteiger partial charge in [-0.1, -0.05) is 23.7 Å². The third-order valence-electron chi connectivity index (χ3n) is 2.22. The molecule has 0 aliphatic carbocycles. The number of nitrogens with one attached hydrogen (secondary N) is 1. The maximum atomic E-state index is 5.83. The van der Waals surface area contributed by atoms with Gasteiger partial charge in [0.1, 0.15) is 11.5 Å². The fraction of sp³-hybridized carbons (Fsp3) is 0.154. The molecule has 0 aliphatic heterocycles. The molecule has 88 valence electrons. The van der Waals surface area contributed by atoms with E-state index in [9.17, 15) is 0 Å². The predicted molar refractivity (Wildman–Crippen MR) is 68.5 cm³/mol. The summed E-state index contributed by atoms with van der Waals surface area (Å²) < 4.78 is 5.62. The van der Waals surface area contributed by atoms with Crippen LogP contribution in [0.2, 0.25) is 5.02 Å². The van der Waals surface area contributed by atoms with Crippen LogP contribution in [-0.4, -0.2) is 12.0 Å². The minimum Gasteiger partial charge on any atom is -0.456 e. The fourth-order valence-electron chi connectivity index (χ4n) is 1.46. The summed E-state index contributed by atoms with van der Waals surface area (Å²) in [6, 6.07) is 9.62. The highest BCUT2D eigenvalue weighted by atomic mass is 35.5. The molecule has 0 saturated heterocycles. The summed E-state index contributed by atoms with van der Waals surface area (Å²) in [7, 11) is 1.92. The molecule has 0 fully saturated rings. The number of halogens is 1. The summed E-state index contributed by atoms with van der Waals surface area (Å²) in [5, 5.41) is 3.66. The molecule has 17 heavy (non-hydrogen) atoms. The zero-order chi connectivity index (χ0) is 12.1. The first kappa shape index (κ1) is 11.9. The van der Waals surface area contributed by atoms with Gasteiger partial charge >= 0.3 is 0 Å². The first-order valence-corrected chi connectivity index (χ1v) is 5.67. The number of rotatable bonds is 4. The van der Waals surface area contributed by atoms with Crippen LogP contribution in [0, 0.1) is 0 Å². The minimum atomic E-state index is 0.564. The van der Waals surface area contributed by atoms with Crippen LogP contribution in [-0.2, 0) is 6.54 Å². The first-order chi connectivity index (χ1) is 8.28. The summed E-state index contributed by atoms with van der Waals surface area (Å²) in [5.74, 6) is 1.41. The molecule has 0 aliphatic rings. The van der Waals surface area contributed by atoms with Gasteiger partial charge in [-0.25, -0.2) is 0 Å². The number of nitrogens with zero attached hydrogens (tertiary/aromatic N) is 1. The average molecular weight is 249 g/mol. The van der Waals surface area contributed by atoms with Gasteiger partial charge < -0.3 is 10.1 Å². The topological polar surface area (TPSA) is 34.1 Å². The van der Waals surface area contributed by atoms with E-state index < -0.39 is 0 Å². The molecule has 1 N–H and O–H groups in total. The molecule has 3 nitrogen and oxygen atoms in total. The number of ether oxygens (including phenoxy) is 1. The Bertz CT molecular complexity index is 485. The maximum absolute atomic E-state index is 5.83. The quantitative estimate of drug-likeness (QED) is 0.902. The van der Waals surface area contributed by atoms with Gasteiger partial charge in [0, 0.05) is 18.8 Å². The van der Waals surface area contributed by atoms with Crippen molar-refractivity contribution < 1.29 is 4.74 Å². The highest BCUT2D eigenvalue weighted by Crippen LogP contribution is 2.23. The Morgan fingerprint density at radius 1 is 1.18 bits per heavy atom. The molecule has 0 amide bonds. The lowest BCUT2D eigenvalue weighted by Crippen LogP contribution is -2.04. The van der Waals surface area contributed by atoms with Crippen LogP contribution in [0.4, 0.5) is 0 Å². The Kier molecular flexibility index (Phi) is 3.96. The van der Waals surface area contributed by atoms with Crippen LogP contribution < -0.4 is 10.1 Å². The molecule has 1 aromatic heterocycles. The third kappa shape index (κ3) is 3.44. The highest BCUT2D eigenvalue weighted by molar-refractivity contribution is 6.30. The van der Waals surface area contributed by atoms with E-state index in [4.69, 9.17) is 16.3 Å². The van der Waals surface area contributed by atoms with Crippen LogP contribution in [0.1, 0.15) is 5.56 Å². The third-order valence-corrected chi connectivity index (χ3v) is 2.43. The van der Waals surface area contributed by atoms with E-state index >= 15 is 0 Å². The second kappa shape index (κ2) is 5.66. The SMILES string of the molecule is CNCc1ccc(Oc2cncc(Cl)c2)cc1. The van der Waals surface area contributed by atoms with Crippen molar-refractivity contribution in [3.8, 4) is 11.5 Å². The molecule has 2 rings (SSSR count). The van der Waals surface area contributed by atoms with Crippen LogP contribution in [0.3, 0.4) is 0 Å². The van der Waals surface area contributed by atoms with Gasteiger partial charge in [-0.15, -0.1) is 0 Å². The minimum absolute atomic E-state index is 0.564. The zero-order valence-electron chi connectivity index (χ0n) is 9.48. The number of hydrogen-bond donors (Lipinski definition) is 1. The fourth-order valence-corrected chi connectivity index (χ4v) is 1.63. The lowest BCUT2D eigenvalue weighted by molar-refractivity contribution is 0.480. The Morgan fingerprint density at radius 3 is 2.59 bits per heavy atom. The van der Waals surface area contributed by atoms with Gasteiger partial charge in [-0.3, -0.25) is 4.98 Å². The molecule has 2 aromatic rings. The van der Waals surface area contributed by atoms with E-state index in [1.807, 2.05) is 31.3 Å². The lowest BCUT2D eigenvalue weighted by atomic mass is 10.2. The molecule has 1 heterocycles. The monoisotopic (exact) mass is 248 g/mol. The maximum Gasteiger partial charge on any atom is 0.147 e. The van der Waals surface area contributed by atoms with Gasteiger partial charge in [0.05, 0.1) is 11.2 Å². The van der Waals surface area contributed by atoms with Crippen molar-refractivity contribution in [3.63, 3.8) is 0 Å². The summed E-state index contributed by atoms with van der Waals surface area (Å²) in [5.41, 5.74) is 1.21. The Morgan fingerprint density at radius 2 is 1.94 bits per heavy atom. The molecule has 0 unspecified atom stereocenters. The van der Waals surface area contributed by atoms with Gasteiger partial charge in [0.2, 0.25) is 0 Å². The van der Waals surface area contributed by atoms with Crippen LogP contribution in [0.15, 0.2) is 42.7 Å². The predicted octanol–water partition coefficient (Wildman–Crippen LogP) is 3.25. The Balaban J connectivity index is 2.08. The van der Waals surface area contributed by atoms with Crippen LogP contribution in [0.5, 0.6) is 11.5 Å². The van der Waals surface area contributed by atoms with Crippen LogP contribution in [0.25, 0.3) is 0 Å². The van der Waals surface area contributed by atoms with Gasteiger partial charge in [-0.05, 0) is 24.7 Å². The summed E-state index contributed by atoms with van der Waals surface area (Å²) >= 11 is 5.83. The number of hydrogen-bond acceptors (Lipinski definition) is 3. The van der Waals surface area contributed by atoms with Crippen molar-refractivity contribution in [1.82, 2.24) is 10.3 Å². The smallest absolute Gasteiger partial charge is 0.147 e. The number of pyridine rings is 1. The average Bonchev–Trinajstić information content (AvgIpc) is 2.32. The van der Waals surface area contributed by atoms with Crippen LogP contribution >= 0.6 is 11.6 Å². The second-order valence-electron chi connectivity index (χ2n) is 3.62.